The van der Waals surface area contributed by atoms with E-state index in [1.165, 1.54) is 4.57 Å². The monoisotopic (exact) mass is 440 g/mol. The third kappa shape index (κ3) is 4.50. The fourth-order valence-corrected chi connectivity index (χ4v) is 3.39. The van der Waals surface area contributed by atoms with Crippen LogP contribution in [0.1, 0.15) is 6.92 Å². The molecule has 3 N–H and O–H groups in total. The topological polar surface area (TPSA) is 116 Å². The molecule has 0 aliphatic rings. The molecule has 3 aromatic heterocycles. The van der Waals surface area contributed by atoms with Gasteiger partial charge in [0.05, 0.1) is 13.1 Å². The van der Waals surface area contributed by atoms with E-state index in [0.29, 0.717) is 24.9 Å². The van der Waals surface area contributed by atoms with Crippen LogP contribution in [0.4, 0.5) is 11.8 Å². The number of nitrogens with one attached hydrogen (secondary N) is 1. The van der Waals surface area contributed by atoms with Crippen molar-refractivity contribution in [1.82, 2.24) is 23.7 Å². The molecule has 3 rings (SSSR count). The second-order valence-electron chi connectivity index (χ2n) is 6.80. The average Bonchev–Trinajstić information content (AvgIpc) is 3.14. The molecular formula is C20H24N8O2S. The van der Waals surface area contributed by atoms with Gasteiger partial charge in [0.15, 0.2) is 11.2 Å². The van der Waals surface area contributed by atoms with Crippen LogP contribution in [0.25, 0.3) is 11.2 Å². The van der Waals surface area contributed by atoms with Crippen molar-refractivity contribution in [1.29, 1.82) is 0 Å². The number of nitrogens with zero attached hydrogens (tertiary/aromatic N) is 6. The van der Waals surface area contributed by atoms with E-state index in [0.717, 1.165) is 4.57 Å². The highest BCUT2D eigenvalue weighted by Gasteiger charge is 2.22. The number of aromatic nitrogens is 5. The Morgan fingerprint density at radius 3 is 2.74 bits per heavy atom. The van der Waals surface area contributed by atoms with Crippen LogP contribution in [0.5, 0.6) is 0 Å². The highest BCUT2D eigenvalue weighted by atomic mass is 32.1. The molecule has 0 saturated heterocycles. The van der Waals surface area contributed by atoms with Crippen LogP contribution in [0, 0.1) is 11.8 Å². The number of pyridine rings is 1. The summed E-state index contributed by atoms with van der Waals surface area (Å²) in [5.41, 5.74) is 5.25. The Balaban J connectivity index is 2.13. The van der Waals surface area contributed by atoms with Gasteiger partial charge in [-0.1, -0.05) is 24.2 Å². The molecule has 0 fully saturated rings. The first kappa shape index (κ1) is 22.2. The highest BCUT2D eigenvalue weighted by Crippen LogP contribution is 2.18. The lowest BCUT2D eigenvalue weighted by Gasteiger charge is -2.17. The lowest BCUT2D eigenvalue weighted by Crippen LogP contribution is -2.42. The van der Waals surface area contributed by atoms with Crippen LogP contribution in [-0.4, -0.2) is 48.8 Å². The zero-order valence-corrected chi connectivity index (χ0v) is 18.4. The number of aryl methyl sites for hydroxylation is 1. The minimum Gasteiger partial charge on any atom is -0.344 e. The fraction of sp³-hybridized carbons (Fsp3) is 0.350. The summed E-state index contributed by atoms with van der Waals surface area (Å²) in [6.45, 7) is 2.82. The highest BCUT2D eigenvalue weighted by molar-refractivity contribution is 7.80. The number of hydrogen-bond acceptors (Lipinski definition) is 7. The Hall–Kier alpha value is -3.49. The van der Waals surface area contributed by atoms with E-state index < -0.39 is 11.2 Å². The van der Waals surface area contributed by atoms with E-state index in [4.69, 9.17) is 18.0 Å². The summed E-state index contributed by atoms with van der Waals surface area (Å²) in [6.07, 6.45) is 1.62. The molecule has 0 saturated carbocycles. The summed E-state index contributed by atoms with van der Waals surface area (Å²) < 4.78 is 4.13. The zero-order valence-electron chi connectivity index (χ0n) is 17.6. The molecule has 31 heavy (non-hydrogen) atoms. The molecule has 162 valence electrons. The molecule has 10 nitrogen and oxygen atoms in total. The lowest BCUT2D eigenvalue weighted by atomic mass is 10.4. The summed E-state index contributed by atoms with van der Waals surface area (Å²) >= 11 is 5.36. The van der Waals surface area contributed by atoms with Gasteiger partial charge in [0.1, 0.15) is 10.8 Å². The second-order valence-corrected chi connectivity index (χ2v) is 7.30. The van der Waals surface area contributed by atoms with Crippen LogP contribution in [0.15, 0.2) is 34.0 Å². The van der Waals surface area contributed by atoms with E-state index in [9.17, 15) is 9.59 Å². The van der Waals surface area contributed by atoms with Gasteiger partial charge in [0, 0.05) is 33.4 Å². The van der Waals surface area contributed by atoms with E-state index >= 15 is 0 Å². The maximum atomic E-state index is 13.4. The van der Waals surface area contributed by atoms with Crippen molar-refractivity contribution < 1.29 is 0 Å². The second kappa shape index (κ2) is 9.55. The molecule has 0 radical (unpaired) electrons. The third-order valence-electron chi connectivity index (χ3n) is 4.67. The molecule has 0 atom stereocenters. The van der Waals surface area contributed by atoms with Crippen LogP contribution < -0.4 is 27.2 Å². The SMILES string of the molecule is CC#CCn1c(N(C)CCN)nc2c1c(=O)n(CC(=S)Nc1ccccn1)c(=O)n2C. The molecular weight excluding hydrogens is 416 g/mol. The van der Waals surface area contributed by atoms with Gasteiger partial charge in [-0.15, -0.1) is 5.92 Å². The first-order chi connectivity index (χ1) is 14.9. The maximum absolute atomic E-state index is 13.4. The number of hydrogen-bond donors (Lipinski definition) is 2. The van der Waals surface area contributed by atoms with Gasteiger partial charge in [0.25, 0.3) is 5.56 Å². The first-order valence-electron chi connectivity index (χ1n) is 9.60. The molecule has 0 spiro atoms. The van der Waals surface area contributed by atoms with Crippen molar-refractivity contribution >= 4 is 40.1 Å². The smallest absolute Gasteiger partial charge is 0.332 e. The summed E-state index contributed by atoms with van der Waals surface area (Å²) in [4.78, 5) is 37.1. The van der Waals surface area contributed by atoms with Gasteiger partial charge < -0.3 is 16.0 Å². The Morgan fingerprint density at radius 1 is 1.32 bits per heavy atom. The minimum atomic E-state index is -0.512. The molecule has 0 unspecified atom stereocenters. The number of nitrogens with two attached hydrogens (primary N) is 1. The Kier molecular flexibility index (Phi) is 6.84. The quantitative estimate of drug-likeness (QED) is 0.394. The van der Waals surface area contributed by atoms with Gasteiger partial charge in [-0.05, 0) is 19.1 Å². The van der Waals surface area contributed by atoms with Gasteiger partial charge in [0.2, 0.25) is 5.95 Å². The number of anilines is 2. The van der Waals surface area contributed by atoms with Crippen molar-refractivity contribution in [3.8, 4) is 11.8 Å². The average molecular weight is 441 g/mol. The molecule has 0 aromatic carbocycles. The number of thiocarbonyl (C=S) groups is 1. The van der Waals surface area contributed by atoms with E-state index in [1.807, 2.05) is 18.0 Å². The summed E-state index contributed by atoms with van der Waals surface area (Å²) in [7, 11) is 3.40. The largest absolute Gasteiger partial charge is 0.344 e. The standard InChI is InChI=1S/C20H24N8O2S/c1-4-5-11-27-16-17(24-19(27)25(2)12-9-21)26(3)20(30)28(18(16)29)13-15(31)23-14-8-6-7-10-22-14/h6-8,10H,9,11-13,21H2,1-3H3,(H,22,23,31). The van der Waals surface area contributed by atoms with Crippen molar-refractivity contribution in [2.45, 2.75) is 20.0 Å². The van der Waals surface area contributed by atoms with Gasteiger partial charge in [-0.3, -0.25) is 18.5 Å². The van der Waals surface area contributed by atoms with Crippen molar-refractivity contribution in [2.75, 3.05) is 30.4 Å². The van der Waals surface area contributed by atoms with Crippen LogP contribution in [0.2, 0.25) is 0 Å². The van der Waals surface area contributed by atoms with E-state index in [2.05, 4.69) is 27.1 Å². The van der Waals surface area contributed by atoms with Crippen molar-refractivity contribution in [2.24, 2.45) is 12.8 Å². The van der Waals surface area contributed by atoms with Crippen LogP contribution >= 0.6 is 12.2 Å². The third-order valence-corrected chi connectivity index (χ3v) is 4.90. The Morgan fingerprint density at radius 2 is 2.10 bits per heavy atom. The Bertz CT molecular complexity index is 1280. The molecule has 0 amide bonds. The zero-order chi connectivity index (χ0) is 22.5. The number of imidazole rings is 1. The van der Waals surface area contributed by atoms with Crippen molar-refractivity contribution in [3.05, 3.63) is 45.2 Å². The number of likely N-dealkylation sites (N-methyl/N-ethyl adjacent to an activating group) is 1. The van der Waals surface area contributed by atoms with Crippen LogP contribution in [0.3, 0.4) is 0 Å². The lowest BCUT2D eigenvalue weighted by molar-refractivity contribution is 0.680. The van der Waals surface area contributed by atoms with Gasteiger partial charge >= 0.3 is 5.69 Å². The predicted octanol–water partition coefficient (Wildman–Crippen LogP) is 0.149. The molecule has 0 aliphatic carbocycles. The number of rotatable bonds is 7. The van der Waals surface area contributed by atoms with E-state index in [-0.39, 0.29) is 29.2 Å². The molecule has 3 aromatic rings. The first-order valence-corrected chi connectivity index (χ1v) is 10.0. The van der Waals surface area contributed by atoms with Gasteiger partial charge in [-0.2, -0.15) is 4.98 Å². The summed E-state index contributed by atoms with van der Waals surface area (Å²) in [5, 5.41) is 2.95. The maximum Gasteiger partial charge on any atom is 0.332 e. The van der Waals surface area contributed by atoms with E-state index in [1.54, 1.807) is 36.9 Å². The van der Waals surface area contributed by atoms with Gasteiger partial charge in [-0.25, -0.2) is 9.78 Å². The minimum absolute atomic E-state index is 0.0913. The molecule has 0 aliphatic heterocycles. The molecule has 11 heteroatoms. The van der Waals surface area contributed by atoms with Crippen LogP contribution in [-0.2, 0) is 20.1 Å². The normalized spacial score (nSPS) is 10.6. The fourth-order valence-electron chi connectivity index (χ4n) is 3.16. The molecule has 0 bridgehead atoms. The Labute approximate surface area is 184 Å². The van der Waals surface area contributed by atoms with Crippen molar-refractivity contribution in [3.63, 3.8) is 0 Å². The molecule has 3 heterocycles. The number of fused-ring (bicyclic) bond motifs is 1. The summed E-state index contributed by atoms with van der Waals surface area (Å²) in [6, 6.07) is 5.33. The summed E-state index contributed by atoms with van der Waals surface area (Å²) in [5.74, 6) is 6.85. The predicted molar refractivity (Wildman–Crippen MR) is 125 cm³/mol.